The molecule has 0 saturated heterocycles. The van der Waals surface area contributed by atoms with Crippen molar-refractivity contribution in [2.24, 2.45) is 16.8 Å². The van der Waals surface area contributed by atoms with E-state index < -0.39 is 6.04 Å². The number of carbonyl (C=O) groups excluding carboxylic acids is 1. The number of carbonyl (C=O) groups is 1. The molecule has 0 bridgehead atoms. The van der Waals surface area contributed by atoms with Crippen LogP contribution in [-0.4, -0.2) is 23.0 Å². The van der Waals surface area contributed by atoms with Crippen LogP contribution in [0.25, 0.3) is 10.8 Å². The molecule has 1 fully saturated rings. The van der Waals surface area contributed by atoms with Crippen molar-refractivity contribution in [2.75, 3.05) is 0 Å². The Hall–Kier alpha value is -2.56. The molecular formula is C16H17N3O2. The highest BCUT2D eigenvalue weighted by Crippen LogP contribution is 2.33. The lowest BCUT2D eigenvalue weighted by atomic mass is 10.1. The smallest absolute Gasteiger partial charge is 0.251 e. The molecule has 1 aliphatic rings. The van der Waals surface area contributed by atoms with E-state index in [-0.39, 0.29) is 17.7 Å². The topological polar surface area (TPSA) is 87.7 Å². The van der Waals surface area contributed by atoms with Gasteiger partial charge in [-0.05, 0) is 41.7 Å². The number of benzene rings is 2. The average Bonchev–Trinajstić information content (AvgIpc) is 3.35. The number of rotatable bonds is 4. The van der Waals surface area contributed by atoms with Crippen LogP contribution in [0.4, 0.5) is 0 Å². The van der Waals surface area contributed by atoms with Gasteiger partial charge in [-0.3, -0.25) is 4.79 Å². The molecule has 2 aromatic carbocycles. The van der Waals surface area contributed by atoms with Crippen molar-refractivity contribution in [1.82, 2.24) is 5.32 Å². The molecule has 1 saturated carbocycles. The quantitative estimate of drug-likeness (QED) is 0.347. The Morgan fingerprint density at radius 1 is 1.24 bits per heavy atom. The Kier molecular flexibility index (Phi) is 3.48. The molecule has 0 aliphatic heterocycles. The lowest BCUT2D eigenvalue weighted by Crippen LogP contribution is -2.46. The molecule has 0 spiro atoms. The van der Waals surface area contributed by atoms with Crippen LogP contribution in [0.5, 0.6) is 0 Å². The van der Waals surface area contributed by atoms with Gasteiger partial charge in [0.1, 0.15) is 0 Å². The van der Waals surface area contributed by atoms with Crippen molar-refractivity contribution in [2.45, 2.75) is 18.9 Å². The van der Waals surface area contributed by atoms with Crippen LogP contribution in [0.1, 0.15) is 23.2 Å². The Bertz CT molecular complexity index is 707. The second-order valence-electron chi connectivity index (χ2n) is 5.38. The first kappa shape index (κ1) is 13.4. The van der Waals surface area contributed by atoms with E-state index in [0.29, 0.717) is 5.56 Å². The Labute approximate surface area is 122 Å². The van der Waals surface area contributed by atoms with E-state index in [1.54, 1.807) is 6.07 Å². The fourth-order valence-electron chi connectivity index (χ4n) is 2.48. The number of hydrogen-bond donors (Lipinski definition) is 3. The zero-order valence-corrected chi connectivity index (χ0v) is 11.5. The van der Waals surface area contributed by atoms with Gasteiger partial charge >= 0.3 is 0 Å². The van der Waals surface area contributed by atoms with Crippen molar-refractivity contribution in [3.63, 3.8) is 0 Å². The van der Waals surface area contributed by atoms with E-state index in [1.807, 2.05) is 36.4 Å². The highest BCUT2D eigenvalue weighted by molar-refractivity contribution is 6.01. The van der Waals surface area contributed by atoms with Crippen molar-refractivity contribution in [3.8, 4) is 0 Å². The van der Waals surface area contributed by atoms with E-state index in [1.165, 1.54) is 0 Å². The predicted molar refractivity (Wildman–Crippen MR) is 81.3 cm³/mol. The Balaban J connectivity index is 1.82. The molecule has 0 radical (unpaired) electrons. The largest absolute Gasteiger partial charge is 0.409 e. The number of hydrogen-bond acceptors (Lipinski definition) is 3. The number of amides is 1. The maximum absolute atomic E-state index is 12.3. The molecule has 2 aromatic rings. The molecule has 3 rings (SSSR count). The second-order valence-corrected chi connectivity index (χ2v) is 5.38. The lowest BCUT2D eigenvalue weighted by Gasteiger charge is -2.16. The standard InChI is InChI=1S/C16H17N3O2/c17-15(19-21)14(11-6-7-11)18-16(20)13-8-5-10-3-1-2-4-12(10)9-13/h1-5,8-9,11,14,21H,6-7H2,(H2,17,19)(H,18,20). The van der Waals surface area contributed by atoms with E-state index in [4.69, 9.17) is 10.9 Å². The molecule has 5 heteroatoms. The first-order valence-corrected chi connectivity index (χ1v) is 6.96. The van der Waals surface area contributed by atoms with E-state index >= 15 is 0 Å². The highest BCUT2D eigenvalue weighted by atomic mass is 16.4. The first-order chi connectivity index (χ1) is 10.2. The van der Waals surface area contributed by atoms with Gasteiger partial charge < -0.3 is 16.3 Å². The van der Waals surface area contributed by atoms with E-state index in [0.717, 1.165) is 23.6 Å². The zero-order valence-electron chi connectivity index (χ0n) is 11.5. The summed E-state index contributed by atoms with van der Waals surface area (Å²) < 4.78 is 0. The lowest BCUT2D eigenvalue weighted by molar-refractivity contribution is 0.0943. The minimum absolute atomic E-state index is 0.0617. The number of amidine groups is 1. The SMILES string of the molecule is NC(=NO)C(NC(=O)c1ccc2ccccc2c1)C1CC1. The van der Waals surface area contributed by atoms with Crippen LogP contribution in [0.3, 0.4) is 0 Å². The van der Waals surface area contributed by atoms with Crippen molar-refractivity contribution >= 4 is 22.5 Å². The molecule has 21 heavy (non-hydrogen) atoms. The maximum atomic E-state index is 12.3. The summed E-state index contributed by atoms with van der Waals surface area (Å²) in [4.78, 5) is 12.3. The predicted octanol–water partition coefficient (Wildman–Crippen LogP) is 2.09. The minimum Gasteiger partial charge on any atom is -0.409 e. The van der Waals surface area contributed by atoms with Crippen molar-refractivity contribution in [1.29, 1.82) is 0 Å². The average molecular weight is 283 g/mol. The summed E-state index contributed by atoms with van der Waals surface area (Å²) in [6.07, 6.45) is 1.97. The third kappa shape index (κ3) is 2.81. The fraction of sp³-hybridized carbons (Fsp3) is 0.250. The molecule has 1 atom stereocenters. The number of nitrogens with zero attached hydrogens (tertiary/aromatic N) is 1. The van der Waals surface area contributed by atoms with Crippen LogP contribution in [0.2, 0.25) is 0 Å². The third-order valence-electron chi connectivity index (χ3n) is 3.83. The number of nitrogens with two attached hydrogens (primary N) is 1. The molecule has 1 amide bonds. The monoisotopic (exact) mass is 283 g/mol. The number of oxime groups is 1. The van der Waals surface area contributed by atoms with Gasteiger partial charge in [0.05, 0.1) is 6.04 Å². The van der Waals surface area contributed by atoms with Gasteiger partial charge in [-0.2, -0.15) is 0 Å². The van der Waals surface area contributed by atoms with Crippen LogP contribution >= 0.6 is 0 Å². The van der Waals surface area contributed by atoms with Crippen LogP contribution in [0, 0.1) is 5.92 Å². The van der Waals surface area contributed by atoms with Gasteiger partial charge in [0.2, 0.25) is 0 Å². The molecular weight excluding hydrogens is 266 g/mol. The Morgan fingerprint density at radius 3 is 2.62 bits per heavy atom. The van der Waals surface area contributed by atoms with Crippen LogP contribution in [0.15, 0.2) is 47.6 Å². The summed E-state index contributed by atoms with van der Waals surface area (Å²) in [6, 6.07) is 13.0. The summed E-state index contributed by atoms with van der Waals surface area (Å²) in [5.74, 6) is 0.126. The second kappa shape index (κ2) is 5.44. The summed E-state index contributed by atoms with van der Waals surface area (Å²) in [6.45, 7) is 0. The maximum Gasteiger partial charge on any atom is 0.251 e. The van der Waals surface area contributed by atoms with Gasteiger partial charge in [0.25, 0.3) is 5.91 Å². The van der Waals surface area contributed by atoms with Gasteiger partial charge in [-0.1, -0.05) is 35.5 Å². The van der Waals surface area contributed by atoms with Gasteiger partial charge in [0, 0.05) is 5.56 Å². The normalized spacial score (nSPS) is 16.7. The molecule has 4 N–H and O–H groups in total. The van der Waals surface area contributed by atoms with Crippen molar-refractivity contribution < 1.29 is 10.0 Å². The molecule has 108 valence electrons. The summed E-state index contributed by atoms with van der Waals surface area (Å²) in [5.41, 5.74) is 6.23. The number of fused-ring (bicyclic) bond motifs is 1. The fourth-order valence-corrected chi connectivity index (χ4v) is 2.48. The van der Waals surface area contributed by atoms with Gasteiger partial charge in [-0.25, -0.2) is 0 Å². The molecule has 1 unspecified atom stereocenters. The summed E-state index contributed by atoms with van der Waals surface area (Å²) >= 11 is 0. The van der Waals surface area contributed by atoms with Crippen LogP contribution in [-0.2, 0) is 0 Å². The van der Waals surface area contributed by atoms with Crippen molar-refractivity contribution in [3.05, 3.63) is 48.0 Å². The third-order valence-corrected chi connectivity index (χ3v) is 3.83. The number of nitrogens with one attached hydrogen (secondary N) is 1. The highest BCUT2D eigenvalue weighted by Gasteiger charge is 2.35. The first-order valence-electron chi connectivity index (χ1n) is 6.96. The molecule has 0 aromatic heterocycles. The summed E-state index contributed by atoms with van der Waals surface area (Å²) in [7, 11) is 0. The van der Waals surface area contributed by atoms with Gasteiger partial charge in [-0.15, -0.1) is 0 Å². The van der Waals surface area contributed by atoms with E-state index in [9.17, 15) is 4.79 Å². The molecule has 0 heterocycles. The Morgan fingerprint density at radius 2 is 1.95 bits per heavy atom. The zero-order chi connectivity index (χ0) is 14.8. The molecule has 5 nitrogen and oxygen atoms in total. The molecule has 1 aliphatic carbocycles. The van der Waals surface area contributed by atoms with E-state index in [2.05, 4.69) is 10.5 Å². The summed E-state index contributed by atoms with van der Waals surface area (Å²) in [5, 5.41) is 16.8. The van der Waals surface area contributed by atoms with Crippen LogP contribution < -0.4 is 11.1 Å². The minimum atomic E-state index is -0.394. The van der Waals surface area contributed by atoms with Gasteiger partial charge in [0.15, 0.2) is 5.84 Å².